The molecule has 21 heavy (non-hydrogen) atoms. The zero-order valence-corrected chi connectivity index (χ0v) is 14.6. The molecular weight excluding hydrogens is 258 g/mol. The van der Waals surface area contributed by atoms with E-state index in [2.05, 4.69) is 39.1 Å². The van der Waals surface area contributed by atoms with E-state index in [-0.39, 0.29) is 11.1 Å². The molecule has 0 bridgehead atoms. The van der Waals surface area contributed by atoms with Crippen LogP contribution in [0.5, 0.6) is 0 Å². The second-order valence-electron chi connectivity index (χ2n) is 8.20. The van der Waals surface area contributed by atoms with Crippen molar-refractivity contribution in [2.45, 2.75) is 90.2 Å². The van der Waals surface area contributed by atoms with E-state index in [4.69, 9.17) is 4.74 Å². The molecule has 0 amide bonds. The fraction of sp³-hybridized carbons (Fsp3) is 0.895. The lowest BCUT2D eigenvalue weighted by atomic mass is 9.74. The van der Waals surface area contributed by atoms with Crippen molar-refractivity contribution in [3.8, 4) is 0 Å². The van der Waals surface area contributed by atoms with E-state index in [1.807, 2.05) is 0 Å². The van der Waals surface area contributed by atoms with Gasteiger partial charge in [0.15, 0.2) is 0 Å². The average molecular weight is 293 g/mol. The molecule has 2 aliphatic rings. The van der Waals surface area contributed by atoms with Gasteiger partial charge in [-0.15, -0.1) is 0 Å². The fourth-order valence-electron chi connectivity index (χ4n) is 3.87. The van der Waals surface area contributed by atoms with Gasteiger partial charge in [0.2, 0.25) is 0 Å². The zero-order valence-electron chi connectivity index (χ0n) is 14.6. The first-order valence-corrected chi connectivity index (χ1v) is 8.96. The minimum atomic E-state index is 0.229. The Labute approximate surface area is 131 Å². The average Bonchev–Trinajstić information content (AvgIpc) is 2.43. The van der Waals surface area contributed by atoms with Gasteiger partial charge in [-0.25, -0.2) is 0 Å². The summed E-state index contributed by atoms with van der Waals surface area (Å²) in [7, 11) is 0. The number of nitrogens with one attached hydrogen (secondary N) is 1. The summed E-state index contributed by atoms with van der Waals surface area (Å²) in [4.78, 5) is 0. The van der Waals surface area contributed by atoms with Gasteiger partial charge < -0.3 is 10.1 Å². The SMILES string of the molecule is CC(=CCCNC(C)(C)C)C1CCOC2(CCCCC2)C1. The molecule has 2 heteroatoms. The second-order valence-corrected chi connectivity index (χ2v) is 8.20. The molecule has 0 aromatic heterocycles. The van der Waals surface area contributed by atoms with Crippen LogP contribution in [-0.2, 0) is 4.74 Å². The topological polar surface area (TPSA) is 21.3 Å². The quantitative estimate of drug-likeness (QED) is 0.591. The molecule has 1 saturated heterocycles. The van der Waals surface area contributed by atoms with Crippen LogP contribution in [0, 0.1) is 5.92 Å². The van der Waals surface area contributed by atoms with Crippen LogP contribution in [0.3, 0.4) is 0 Å². The summed E-state index contributed by atoms with van der Waals surface area (Å²) < 4.78 is 6.22. The molecule has 122 valence electrons. The minimum Gasteiger partial charge on any atom is -0.375 e. The van der Waals surface area contributed by atoms with Crippen LogP contribution in [0.1, 0.15) is 79.1 Å². The van der Waals surface area contributed by atoms with Gasteiger partial charge in [-0.05, 0) is 72.3 Å². The van der Waals surface area contributed by atoms with Crippen molar-refractivity contribution < 1.29 is 4.74 Å². The highest BCUT2D eigenvalue weighted by molar-refractivity contribution is 5.07. The first-order valence-electron chi connectivity index (χ1n) is 8.96. The van der Waals surface area contributed by atoms with E-state index >= 15 is 0 Å². The lowest BCUT2D eigenvalue weighted by Gasteiger charge is -2.44. The normalized spacial score (nSPS) is 27.0. The van der Waals surface area contributed by atoms with E-state index in [1.54, 1.807) is 5.57 Å². The van der Waals surface area contributed by atoms with Crippen LogP contribution in [0.15, 0.2) is 11.6 Å². The van der Waals surface area contributed by atoms with Crippen molar-refractivity contribution in [1.82, 2.24) is 5.32 Å². The Morgan fingerprint density at radius 1 is 1.24 bits per heavy atom. The smallest absolute Gasteiger partial charge is 0.0688 e. The lowest BCUT2D eigenvalue weighted by Crippen LogP contribution is -2.41. The molecule has 0 aromatic rings. The molecule has 2 rings (SSSR count). The van der Waals surface area contributed by atoms with Gasteiger partial charge in [0.05, 0.1) is 5.60 Å². The summed E-state index contributed by atoms with van der Waals surface area (Å²) in [5.74, 6) is 0.756. The Kier molecular flexibility index (Phi) is 5.90. The maximum atomic E-state index is 6.22. The summed E-state index contributed by atoms with van der Waals surface area (Å²) >= 11 is 0. The molecule has 1 unspecified atom stereocenters. The highest BCUT2D eigenvalue weighted by atomic mass is 16.5. The molecule has 1 aliphatic heterocycles. The van der Waals surface area contributed by atoms with Gasteiger partial charge in [-0.3, -0.25) is 0 Å². The van der Waals surface area contributed by atoms with Gasteiger partial charge in [0, 0.05) is 12.1 Å². The zero-order chi connectivity index (χ0) is 15.3. The van der Waals surface area contributed by atoms with Gasteiger partial charge in [-0.2, -0.15) is 0 Å². The number of rotatable bonds is 4. The molecule has 1 aliphatic carbocycles. The highest BCUT2D eigenvalue weighted by Gasteiger charge is 2.38. The summed E-state index contributed by atoms with van der Waals surface area (Å²) in [6.45, 7) is 11.1. The summed E-state index contributed by atoms with van der Waals surface area (Å²) in [6, 6.07) is 0. The van der Waals surface area contributed by atoms with Gasteiger partial charge in [0.1, 0.15) is 0 Å². The predicted molar refractivity (Wildman–Crippen MR) is 90.6 cm³/mol. The Morgan fingerprint density at radius 3 is 2.62 bits per heavy atom. The van der Waals surface area contributed by atoms with Crippen LogP contribution < -0.4 is 5.32 Å². The van der Waals surface area contributed by atoms with Crippen LogP contribution in [-0.4, -0.2) is 24.3 Å². The third-order valence-electron chi connectivity index (χ3n) is 5.17. The molecule has 1 heterocycles. The summed E-state index contributed by atoms with van der Waals surface area (Å²) in [5, 5.41) is 3.57. The monoisotopic (exact) mass is 293 g/mol. The summed E-state index contributed by atoms with van der Waals surface area (Å²) in [6.07, 6.45) is 12.8. The molecule has 1 atom stereocenters. The molecule has 1 saturated carbocycles. The Hall–Kier alpha value is -0.340. The van der Waals surface area contributed by atoms with Crippen molar-refractivity contribution in [2.24, 2.45) is 5.92 Å². The third kappa shape index (κ3) is 5.41. The van der Waals surface area contributed by atoms with Crippen molar-refractivity contribution in [3.63, 3.8) is 0 Å². The fourth-order valence-corrected chi connectivity index (χ4v) is 3.87. The first kappa shape index (κ1) is 17.0. The number of hydrogen-bond acceptors (Lipinski definition) is 2. The molecule has 1 spiro atoms. The Bertz CT molecular complexity index is 342. The van der Waals surface area contributed by atoms with Crippen molar-refractivity contribution in [1.29, 1.82) is 0 Å². The maximum Gasteiger partial charge on any atom is 0.0688 e. The molecule has 0 aromatic carbocycles. The Morgan fingerprint density at radius 2 is 1.95 bits per heavy atom. The standard InChI is InChI=1S/C19H35NO/c1-16(9-8-13-20-18(2,3)4)17-10-14-21-19(15-17)11-6-5-7-12-19/h9,17,20H,5-8,10-15H2,1-4H3. The molecule has 2 nitrogen and oxygen atoms in total. The van der Waals surface area contributed by atoms with Gasteiger partial charge >= 0.3 is 0 Å². The Balaban J connectivity index is 1.82. The largest absolute Gasteiger partial charge is 0.375 e. The second kappa shape index (κ2) is 7.28. The predicted octanol–water partition coefficient (Wildman–Crippen LogP) is 4.84. The highest BCUT2D eigenvalue weighted by Crippen LogP contribution is 2.42. The van der Waals surface area contributed by atoms with Gasteiger partial charge in [0.25, 0.3) is 0 Å². The maximum absolute atomic E-state index is 6.22. The number of ether oxygens (including phenoxy) is 1. The summed E-state index contributed by atoms with van der Waals surface area (Å²) in [5.41, 5.74) is 2.06. The van der Waals surface area contributed by atoms with E-state index < -0.39 is 0 Å². The van der Waals surface area contributed by atoms with E-state index in [0.717, 1.165) is 25.5 Å². The number of allylic oxidation sites excluding steroid dienone is 1. The molecule has 1 N–H and O–H groups in total. The molecule has 0 radical (unpaired) electrons. The van der Waals surface area contributed by atoms with Crippen molar-refractivity contribution in [2.75, 3.05) is 13.2 Å². The first-order chi connectivity index (χ1) is 9.90. The van der Waals surface area contributed by atoms with Crippen molar-refractivity contribution in [3.05, 3.63) is 11.6 Å². The third-order valence-corrected chi connectivity index (χ3v) is 5.17. The van der Waals surface area contributed by atoms with Crippen LogP contribution in [0.4, 0.5) is 0 Å². The van der Waals surface area contributed by atoms with E-state index in [0.29, 0.717) is 0 Å². The van der Waals surface area contributed by atoms with Crippen LogP contribution in [0.25, 0.3) is 0 Å². The van der Waals surface area contributed by atoms with Crippen LogP contribution in [0.2, 0.25) is 0 Å². The number of hydrogen-bond donors (Lipinski definition) is 1. The van der Waals surface area contributed by atoms with Crippen LogP contribution >= 0.6 is 0 Å². The van der Waals surface area contributed by atoms with Crippen molar-refractivity contribution >= 4 is 0 Å². The molecule has 2 fully saturated rings. The van der Waals surface area contributed by atoms with Gasteiger partial charge in [-0.1, -0.05) is 30.9 Å². The molecular formula is C19H35NO. The van der Waals surface area contributed by atoms with E-state index in [1.165, 1.54) is 44.9 Å². The van der Waals surface area contributed by atoms with E-state index in [9.17, 15) is 0 Å². The lowest BCUT2D eigenvalue weighted by molar-refractivity contribution is -0.112. The minimum absolute atomic E-state index is 0.229.